The third kappa shape index (κ3) is 5.06. The van der Waals surface area contributed by atoms with Crippen LogP contribution in [0.15, 0.2) is 0 Å². The Kier molecular flexibility index (Phi) is 7.74. The van der Waals surface area contributed by atoms with Crippen molar-refractivity contribution in [2.45, 2.75) is 46.0 Å². The highest BCUT2D eigenvalue weighted by Gasteiger charge is 2.26. The van der Waals surface area contributed by atoms with Crippen molar-refractivity contribution >= 4 is 34.2 Å². The number of amides is 1. The van der Waals surface area contributed by atoms with Gasteiger partial charge >= 0.3 is 11.9 Å². The Morgan fingerprint density at radius 3 is 2.26 bits per heavy atom. The van der Waals surface area contributed by atoms with Gasteiger partial charge in [0.25, 0.3) is 0 Å². The molecule has 1 heterocycles. The molecule has 0 saturated heterocycles. The quantitative estimate of drug-likeness (QED) is 0.578. The lowest BCUT2D eigenvalue weighted by Gasteiger charge is -2.06. The number of hydrogen-bond donors (Lipinski definition) is 1. The van der Waals surface area contributed by atoms with Crippen molar-refractivity contribution in [3.63, 3.8) is 0 Å². The van der Waals surface area contributed by atoms with Crippen LogP contribution < -0.4 is 5.32 Å². The second-order valence-corrected chi connectivity index (χ2v) is 6.12. The summed E-state index contributed by atoms with van der Waals surface area (Å²) in [4.78, 5) is 36.0. The molecule has 1 rings (SSSR count). The van der Waals surface area contributed by atoms with E-state index in [4.69, 9.17) is 9.47 Å². The lowest BCUT2D eigenvalue weighted by Crippen LogP contribution is -2.13. The molecule has 0 aliphatic carbocycles. The standard InChI is InChI=1S/C16H23NO5S/c1-5-6-7-8-9-11(18)17-14-12(15(19)21-3)10(2)13(23-14)16(20)22-4/h5-9H2,1-4H3,(H,17,18). The van der Waals surface area contributed by atoms with E-state index in [0.29, 0.717) is 17.0 Å². The van der Waals surface area contributed by atoms with Crippen molar-refractivity contribution in [1.29, 1.82) is 0 Å². The summed E-state index contributed by atoms with van der Waals surface area (Å²) in [7, 11) is 2.53. The van der Waals surface area contributed by atoms with Gasteiger partial charge in [-0.25, -0.2) is 9.59 Å². The maximum atomic E-state index is 12.0. The van der Waals surface area contributed by atoms with Gasteiger partial charge in [-0.15, -0.1) is 11.3 Å². The minimum Gasteiger partial charge on any atom is -0.465 e. The first-order valence-corrected chi connectivity index (χ1v) is 8.37. The fraction of sp³-hybridized carbons (Fsp3) is 0.562. The number of methoxy groups -OCH3 is 2. The number of rotatable bonds is 8. The number of thiophene rings is 1. The number of hydrogen-bond acceptors (Lipinski definition) is 6. The molecule has 23 heavy (non-hydrogen) atoms. The Labute approximate surface area is 140 Å². The number of carbonyl (C=O) groups excluding carboxylic acids is 3. The molecule has 0 aliphatic rings. The maximum absolute atomic E-state index is 12.0. The summed E-state index contributed by atoms with van der Waals surface area (Å²) in [5.41, 5.74) is 0.662. The molecular formula is C16H23NO5S. The van der Waals surface area contributed by atoms with Gasteiger partial charge in [0.1, 0.15) is 9.88 Å². The Balaban J connectivity index is 2.93. The first kappa shape index (κ1) is 19.2. The van der Waals surface area contributed by atoms with Gasteiger partial charge in [0.2, 0.25) is 5.91 Å². The predicted octanol–water partition coefficient (Wildman–Crippen LogP) is 3.54. The highest BCUT2D eigenvalue weighted by Crippen LogP contribution is 2.34. The van der Waals surface area contributed by atoms with Crippen LogP contribution in [0.4, 0.5) is 5.00 Å². The van der Waals surface area contributed by atoms with Crippen LogP contribution in [0.5, 0.6) is 0 Å². The molecule has 128 valence electrons. The van der Waals surface area contributed by atoms with Crippen LogP contribution in [0.1, 0.15) is 64.6 Å². The molecule has 0 fully saturated rings. The molecule has 0 atom stereocenters. The molecule has 7 heteroatoms. The molecule has 0 radical (unpaired) electrons. The number of esters is 2. The number of nitrogens with one attached hydrogen (secondary N) is 1. The molecule has 0 saturated carbocycles. The minimum absolute atomic E-state index is 0.177. The van der Waals surface area contributed by atoms with Crippen molar-refractivity contribution in [1.82, 2.24) is 0 Å². The second-order valence-electron chi connectivity index (χ2n) is 5.10. The Morgan fingerprint density at radius 1 is 1.04 bits per heavy atom. The predicted molar refractivity (Wildman–Crippen MR) is 89.1 cm³/mol. The summed E-state index contributed by atoms with van der Waals surface area (Å²) in [6.45, 7) is 3.73. The Morgan fingerprint density at radius 2 is 1.70 bits per heavy atom. The Hall–Kier alpha value is -1.89. The van der Waals surface area contributed by atoms with E-state index in [1.165, 1.54) is 14.2 Å². The minimum atomic E-state index is -0.588. The molecule has 0 aliphatic heterocycles. The van der Waals surface area contributed by atoms with Gasteiger partial charge < -0.3 is 14.8 Å². The highest BCUT2D eigenvalue weighted by molar-refractivity contribution is 7.18. The van der Waals surface area contributed by atoms with Gasteiger partial charge in [-0.3, -0.25) is 4.79 Å². The molecular weight excluding hydrogens is 318 g/mol. The van der Waals surface area contributed by atoms with Crippen LogP contribution in [0.2, 0.25) is 0 Å². The van der Waals surface area contributed by atoms with Crippen LogP contribution in [0, 0.1) is 6.92 Å². The zero-order valence-electron chi connectivity index (χ0n) is 14.0. The third-order valence-electron chi connectivity index (χ3n) is 3.42. The zero-order valence-corrected chi connectivity index (χ0v) is 14.8. The van der Waals surface area contributed by atoms with Crippen LogP contribution in [0.3, 0.4) is 0 Å². The van der Waals surface area contributed by atoms with E-state index in [0.717, 1.165) is 37.0 Å². The summed E-state index contributed by atoms with van der Waals surface area (Å²) in [6, 6.07) is 0. The van der Waals surface area contributed by atoms with Gasteiger partial charge in [-0.1, -0.05) is 26.2 Å². The molecule has 1 aromatic heterocycles. The largest absolute Gasteiger partial charge is 0.465 e. The van der Waals surface area contributed by atoms with E-state index in [-0.39, 0.29) is 16.3 Å². The van der Waals surface area contributed by atoms with Crippen LogP contribution in [0.25, 0.3) is 0 Å². The normalized spacial score (nSPS) is 10.3. The van der Waals surface area contributed by atoms with Gasteiger partial charge in [0.15, 0.2) is 0 Å². The maximum Gasteiger partial charge on any atom is 0.348 e. The van der Waals surface area contributed by atoms with E-state index < -0.39 is 11.9 Å². The molecule has 1 aromatic rings. The topological polar surface area (TPSA) is 81.7 Å². The molecule has 0 spiro atoms. The molecule has 0 bridgehead atoms. The van der Waals surface area contributed by atoms with Crippen molar-refractivity contribution in [3.8, 4) is 0 Å². The first-order chi connectivity index (χ1) is 11.0. The number of ether oxygens (including phenoxy) is 2. The van der Waals surface area contributed by atoms with Crippen LogP contribution in [-0.2, 0) is 14.3 Å². The zero-order chi connectivity index (χ0) is 17.4. The fourth-order valence-electron chi connectivity index (χ4n) is 2.14. The highest BCUT2D eigenvalue weighted by atomic mass is 32.1. The summed E-state index contributed by atoms with van der Waals surface area (Å²) in [5.74, 6) is -1.31. The van der Waals surface area contributed by atoms with Crippen molar-refractivity contribution in [3.05, 3.63) is 16.0 Å². The number of carbonyl (C=O) groups is 3. The van der Waals surface area contributed by atoms with E-state index in [9.17, 15) is 14.4 Å². The van der Waals surface area contributed by atoms with Gasteiger partial charge in [0.05, 0.1) is 19.8 Å². The molecule has 0 unspecified atom stereocenters. The summed E-state index contributed by atoms with van der Waals surface area (Å²) >= 11 is 1.03. The average molecular weight is 341 g/mol. The van der Waals surface area contributed by atoms with Crippen molar-refractivity contribution in [2.24, 2.45) is 0 Å². The van der Waals surface area contributed by atoms with Crippen LogP contribution in [-0.4, -0.2) is 32.1 Å². The fourth-order valence-corrected chi connectivity index (χ4v) is 3.27. The van der Waals surface area contributed by atoms with E-state index in [1.807, 2.05) is 0 Å². The number of unbranched alkanes of at least 4 members (excludes halogenated alkanes) is 3. The number of anilines is 1. The summed E-state index contributed by atoms with van der Waals surface area (Å²) in [6.07, 6.45) is 4.35. The average Bonchev–Trinajstić information content (AvgIpc) is 2.86. The van der Waals surface area contributed by atoms with Crippen LogP contribution >= 0.6 is 11.3 Å². The molecule has 0 aromatic carbocycles. The van der Waals surface area contributed by atoms with E-state index >= 15 is 0 Å². The van der Waals surface area contributed by atoms with Gasteiger partial charge in [-0.2, -0.15) is 0 Å². The lowest BCUT2D eigenvalue weighted by molar-refractivity contribution is -0.116. The first-order valence-electron chi connectivity index (χ1n) is 7.56. The molecule has 1 amide bonds. The lowest BCUT2D eigenvalue weighted by atomic mass is 10.1. The smallest absolute Gasteiger partial charge is 0.348 e. The van der Waals surface area contributed by atoms with Crippen molar-refractivity contribution < 1.29 is 23.9 Å². The van der Waals surface area contributed by atoms with Crippen molar-refractivity contribution in [2.75, 3.05) is 19.5 Å². The van der Waals surface area contributed by atoms with Gasteiger partial charge in [-0.05, 0) is 18.9 Å². The monoisotopic (exact) mass is 341 g/mol. The van der Waals surface area contributed by atoms with Gasteiger partial charge in [0, 0.05) is 6.42 Å². The van der Waals surface area contributed by atoms with E-state index in [2.05, 4.69) is 12.2 Å². The summed E-state index contributed by atoms with van der Waals surface area (Å²) in [5, 5.41) is 3.04. The third-order valence-corrected chi connectivity index (χ3v) is 4.60. The molecule has 1 N–H and O–H groups in total. The summed E-state index contributed by atoms with van der Waals surface area (Å²) < 4.78 is 9.45. The Bertz CT molecular complexity index is 579. The SMILES string of the molecule is CCCCCCC(=O)Nc1sc(C(=O)OC)c(C)c1C(=O)OC. The second kappa shape index (κ2) is 9.29. The molecule has 6 nitrogen and oxygen atoms in total. The van der Waals surface area contributed by atoms with E-state index in [1.54, 1.807) is 6.92 Å².